The Kier molecular flexibility index (Phi) is 3.68. The smallest absolute Gasteiger partial charge is 0.326 e. The molecule has 1 atom stereocenters. The van der Waals surface area contributed by atoms with E-state index in [1.54, 1.807) is 0 Å². The average molecular weight is 218 g/mol. The molecule has 1 heterocycles. The van der Waals surface area contributed by atoms with Crippen LogP contribution in [-0.2, 0) is 0 Å². The van der Waals surface area contributed by atoms with Gasteiger partial charge in [-0.05, 0) is 17.9 Å². The topological polar surface area (TPSA) is 38.4 Å². The Labute approximate surface area is 86.4 Å². The summed E-state index contributed by atoms with van der Waals surface area (Å²) in [6.07, 6.45) is 0.0933. The van der Waals surface area contributed by atoms with Crippen LogP contribution in [0.4, 0.5) is 13.2 Å². The van der Waals surface area contributed by atoms with Gasteiger partial charge in [0.05, 0.1) is 0 Å². The first-order valence-electron chi connectivity index (χ1n) is 4.65. The number of hydrogen-bond acceptors (Lipinski definition) is 2. The Morgan fingerprint density at radius 3 is 2.73 bits per heavy atom. The summed E-state index contributed by atoms with van der Waals surface area (Å²) < 4.78 is 37.1. The first-order chi connectivity index (χ1) is 6.93. The molecule has 2 N–H and O–H groups in total. The molecule has 0 aromatic heterocycles. The van der Waals surface area contributed by atoms with Crippen molar-refractivity contribution in [2.24, 2.45) is 16.6 Å². The molecule has 0 aromatic rings. The minimum atomic E-state index is -4.38. The van der Waals surface area contributed by atoms with Crippen LogP contribution in [0.25, 0.3) is 0 Å². The van der Waals surface area contributed by atoms with Crippen LogP contribution in [0, 0.1) is 5.92 Å². The molecule has 1 aliphatic rings. The minimum Gasteiger partial charge on any atom is -0.326 e. The Balaban J connectivity index is 2.96. The molecule has 0 aliphatic carbocycles. The third kappa shape index (κ3) is 3.51. The van der Waals surface area contributed by atoms with Gasteiger partial charge in [0.25, 0.3) is 0 Å². The zero-order valence-corrected chi connectivity index (χ0v) is 8.38. The molecule has 84 valence electrons. The van der Waals surface area contributed by atoms with Gasteiger partial charge in [-0.2, -0.15) is 13.2 Å². The van der Waals surface area contributed by atoms with E-state index in [1.165, 1.54) is 6.21 Å². The number of halogens is 3. The molecule has 0 spiro atoms. The summed E-state index contributed by atoms with van der Waals surface area (Å²) in [4.78, 5) is 3.40. The molecule has 0 amide bonds. The Bertz CT molecular complexity index is 313. The van der Waals surface area contributed by atoms with Crippen LogP contribution in [0.2, 0.25) is 0 Å². The lowest BCUT2D eigenvalue weighted by atomic mass is 10.0. The second-order valence-electron chi connectivity index (χ2n) is 3.50. The molecule has 2 nitrogen and oxygen atoms in total. The monoisotopic (exact) mass is 218 g/mol. The number of aliphatic imine (C=N–C) groups is 1. The second kappa shape index (κ2) is 4.61. The van der Waals surface area contributed by atoms with E-state index in [1.807, 2.05) is 13.0 Å². The Morgan fingerprint density at radius 2 is 2.20 bits per heavy atom. The predicted octanol–water partition coefficient (Wildman–Crippen LogP) is 2.43. The van der Waals surface area contributed by atoms with Gasteiger partial charge < -0.3 is 5.73 Å². The third-order valence-electron chi connectivity index (χ3n) is 2.08. The molecule has 0 aromatic carbocycles. The van der Waals surface area contributed by atoms with Crippen LogP contribution < -0.4 is 5.73 Å². The maximum atomic E-state index is 12.4. The van der Waals surface area contributed by atoms with Crippen molar-refractivity contribution >= 4 is 6.21 Å². The van der Waals surface area contributed by atoms with Crippen LogP contribution in [-0.4, -0.2) is 18.9 Å². The van der Waals surface area contributed by atoms with Crippen LogP contribution in [0.15, 0.2) is 28.4 Å². The van der Waals surface area contributed by atoms with Gasteiger partial charge in [-0.3, -0.25) is 4.99 Å². The quantitative estimate of drug-likeness (QED) is 0.721. The lowest BCUT2D eigenvalue weighted by Crippen LogP contribution is -2.14. The van der Waals surface area contributed by atoms with E-state index < -0.39 is 11.9 Å². The van der Waals surface area contributed by atoms with Crippen LogP contribution in [0.1, 0.15) is 13.3 Å². The third-order valence-corrected chi connectivity index (χ3v) is 2.08. The van der Waals surface area contributed by atoms with Crippen molar-refractivity contribution in [3.8, 4) is 0 Å². The molecule has 1 unspecified atom stereocenters. The fraction of sp³-hybridized carbons (Fsp3) is 0.500. The summed E-state index contributed by atoms with van der Waals surface area (Å²) in [5, 5.41) is 0. The number of alkyl halides is 3. The normalized spacial score (nSPS) is 22.9. The zero-order chi connectivity index (χ0) is 11.5. The van der Waals surface area contributed by atoms with Gasteiger partial charge >= 0.3 is 6.18 Å². The van der Waals surface area contributed by atoms with E-state index in [9.17, 15) is 13.2 Å². The fourth-order valence-electron chi connectivity index (χ4n) is 1.29. The molecule has 0 bridgehead atoms. The molecule has 15 heavy (non-hydrogen) atoms. The molecular formula is C10H13F3N2. The standard InChI is InChI=1S/C10H13F3N2/c1-7-2-3-9(10(11,12)13)15-6-8(4-7)5-14/h3-4,6-7H,2,5,14H2,1H3. The summed E-state index contributed by atoms with van der Waals surface area (Å²) in [5.41, 5.74) is 5.18. The van der Waals surface area contributed by atoms with E-state index in [0.717, 1.165) is 6.08 Å². The van der Waals surface area contributed by atoms with E-state index in [0.29, 0.717) is 12.0 Å². The molecule has 5 heteroatoms. The van der Waals surface area contributed by atoms with Crippen LogP contribution in [0.3, 0.4) is 0 Å². The molecule has 0 saturated carbocycles. The van der Waals surface area contributed by atoms with Crippen molar-refractivity contribution in [3.05, 3.63) is 23.4 Å². The van der Waals surface area contributed by atoms with Crippen molar-refractivity contribution in [1.29, 1.82) is 0 Å². The summed E-state index contributed by atoms with van der Waals surface area (Å²) in [7, 11) is 0. The van der Waals surface area contributed by atoms with Crippen LogP contribution >= 0.6 is 0 Å². The van der Waals surface area contributed by atoms with Gasteiger partial charge in [0, 0.05) is 12.8 Å². The number of nitrogens with two attached hydrogens (primary N) is 1. The highest BCUT2D eigenvalue weighted by Gasteiger charge is 2.33. The van der Waals surface area contributed by atoms with Gasteiger partial charge in [-0.1, -0.05) is 19.1 Å². The number of allylic oxidation sites excluding steroid dienone is 3. The maximum Gasteiger partial charge on any atom is 0.433 e. The SMILES string of the molecule is CC1C=C(CN)C=NC(C(F)(F)F)=CC1. The highest BCUT2D eigenvalue weighted by atomic mass is 19.4. The minimum absolute atomic E-state index is 0.0487. The number of rotatable bonds is 1. The van der Waals surface area contributed by atoms with E-state index in [2.05, 4.69) is 4.99 Å². The highest BCUT2D eigenvalue weighted by Crippen LogP contribution is 2.28. The molecular weight excluding hydrogens is 205 g/mol. The van der Waals surface area contributed by atoms with Gasteiger partial charge in [0.1, 0.15) is 5.70 Å². The van der Waals surface area contributed by atoms with Gasteiger partial charge in [0.15, 0.2) is 0 Å². The fourth-order valence-corrected chi connectivity index (χ4v) is 1.29. The van der Waals surface area contributed by atoms with E-state index in [4.69, 9.17) is 5.73 Å². The molecule has 0 fully saturated rings. The highest BCUT2D eigenvalue weighted by molar-refractivity contribution is 5.80. The van der Waals surface area contributed by atoms with Crippen molar-refractivity contribution in [2.45, 2.75) is 19.5 Å². The summed E-state index contributed by atoms with van der Waals surface area (Å²) in [5.74, 6) is 0.0487. The summed E-state index contributed by atoms with van der Waals surface area (Å²) >= 11 is 0. The first-order valence-corrected chi connectivity index (χ1v) is 4.65. The largest absolute Gasteiger partial charge is 0.433 e. The maximum absolute atomic E-state index is 12.4. The zero-order valence-electron chi connectivity index (χ0n) is 8.38. The average Bonchev–Trinajstić information content (AvgIpc) is 2.09. The molecule has 0 radical (unpaired) electrons. The van der Waals surface area contributed by atoms with E-state index >= 15 is 0 Å². The lowest BCUT2D eigenvalue weighted by Gasteiger charge is -2.12. The number of hydrogen-bond donors (Lipinski definition) is 1. The van der Waals surface area contributed by atoms with Gasteiger partial charge in [-0.25, -0.2) is 0 Å². The van der Waals surface area contributed by atoms with Crippen LogP contribution in [0.5, 0.6) is 0 Å². The van der Waals surface area contributed by atoms with E-state index in [-0.39, 0.29) is 12.5 Å². The summed E-state index contributed by atoms with van der Waals surface area (Å²) in [6, 6.07) is 0. The Hall–Kier alpha value is -1.10. The predicted molar refractivity (Wildman–Crippen MR) is 53.5 cm³/mol. The first kappa shape index (κ1) is 12.0. The number of nitrogens with zero attached hydrogens (tertiary/aromatic N) is 1. The lowest BCUT2D eigenvalue weighted by molar-refractivity contribution is -0.0925. The molecule has 1 rings (SSSR count). The van der Waals surface area contributed by atoms with Gasteiger partial charge in [0.2, 0.25) is 0 Å². The van der Waals surface area contributed by atoms with Gasteiger partial charge in [-0.15, -0.1) is 0 Å². The molecule has 1 aliphatic heterocycles. The van der Waals surface area contributed by atoms with Crippen molar-refractivity contribution in [1.82, 2.24) is 0 Å². The van der Waals surface area contributed by atoms with Crippen molar-refractivity contribution in [2.75, 3.05) is 6.54 Å². The Morgan fingerprint density at radius 1 is 1.53 bits per heavy atom. The molecule has 0 saturated heterocycles. The second-order valence-corrected chi connectivity index (χ2v) is 3.50. The van der Waals surface area contributed by atoms with Crippen molar-refractivity contribution in [3.63, 3.8) is 0 Å². The van der Waals surface area contributed by atoms with Crippen molar-refractivity contribution < 1.29 is 13.2 Å². The summed E-state index contributed by atoms with van der Waals surface area (Å²) in [6.45, 7) is 2.05.